The van der Waals surface area contributed by atoms with Gasteiger partial charge in [0.1, 0.15) is 17.5 Å². The van der Waals surface area contributed by atoms with Crippen molar-refractivity contribution in [3.8, 4) is 11.5 Å². The number of nitrogens with one attached hydrogen (secondary N) is 2. The molecule has 4 rings (SSSR count). The van der Waals surface area contributed by atoms with Gasteiger partial charge in [-0.15, -0.1) is 0 Å². The van der Waals surface area contributed by atoms with Gasteiger partial charge in [0, 0.05) is 18.2 Å². The lowest BCUT2D eigenvalue weighted by Gasteiger charge is -2.22. The molecule has 3 aromatic rings. The van der Waals surface area contributed by atoms with E-state index in [0.717, 1.165) is 11.1 Å². The van der Waals surface area contributed by atoms with Crippen LogP contribution in [-0.2, 0) is 14.4 Å². The summed E-state index contributed by atoms with van der Waals surface area (Å²) >= 11 is 0. The van der Waals surface area contributed by atoms with Crippen LogP contribution in [0.2, 0.25) is 0 Å². The summed E-state index contributed by atoms with van der Waals surface area (Å²) in [5.74, 6) is -0.270. The zero-order valence-electron chi connectivity index (χ0n) is 20.8. The Kier molecular flexibility index (Phi) is 7.83. The molecule has 9 heteroatoms. The molecule has 37 heavy (non-hydrogen) atoms. The lowest BCUT2D eigenvalue weighted by Crippen LogP contribution is -2.52. The molecular weight excluding hydrogens is 472 g/mol. The first-order chi connectivity index (χ1) is 17.9. The van der Waals surface area contributed by atoms with E-state index in [4.69, 9.17) is 9.47 Å². The van der Waals surface area contributed by atoms with Crippen LogP contribution in [0.1, 0.15) is 18.1 Å². The summed E-state index contributed by atoms with van der Waals surface area (Å²) in [6.45, 7) is 1.25. The summed E-state index contributed by atoms with van der Waals surface area (Å²) in [4.78, 5) is 44.7. The number of fused-ring (bicyclic) bond motifs is 1. The zero-order chi connectivity index (χ0) is 26.4. The van der Waals surface area contributed by atoms with Gasteiger partial charge in [-0.3, -0.25) is 14.4 Å². The van der Waals surface area contributed by atoms with E-state index in [1.54, 1.807) is 38.4 Å². The standard InChI is InChI=1S/C28H28N4O5/c1-18(29-24(33)17-37-21-15-13-20(36-3)14-16-21)27(34)31-26-28(35)32(2)23-12-8-7-11-22(23)25(30-26)19-9-5-4-6-10-19/h4-16,18,26H,17H2,1-3H3,(H,29,33)(H,31,34)/t18-,26+/m0/s1. The molecule has 1 aliphatic rings. The summed E-state index contributed by atoms with van der Waals surface area (Å²) in [5, 5.41) is 5.27. The van der Waals surface area contributed by atoms with Gasteiger partial charge in [-0.05, 0) is 37.3 Å². The summed E-state index contributed by atoms with van der Waals surface area (Å²) in [6, 6.07) is 22.8. The van der Waals surface area contributed by atoms with Crippen molar-refractivity contribution < 1.29 is 23.9 Å². The van der Waals surface area contributed by atoms with E-state index in [2.05, 4.69) is 15.6 Å². The van der Waals surface area contributed by atoms with E-state index in [9.17, 15) is 14.4 Å². The molecule has 0 aliphatic carbocycles. The van der Waals surface area contributed by atoms with Crippen LogP contribution in [0, 0.1) is 0 Å². The molecule has 9 nitrogen and oxygen atoms in total. The van der Waals surface area contributed by atoms with Gasteiger partial charge in [-0.2, -0.15) is 0 Å². The first kappa shape index (κ1) is 25.4. The molecule has 1 heterocycles. The average Bonchev–Trinajstić information content (AvgIpc) is 3.03. The van der Waals surface area contributed by atoms with Crippen molar-refractivity contribution in [2.45, 2.75) is 19.1 Å². The van der Waals surface area contributed by atoms with Crippen LogP contribution in [0.25, 0.3) is 0 Å². The zero-order valence-corrected chi connectivity index (χ0v) is 20.8. The van der Waals surface area contributed by atoms with Crippen molar-refractivity contribution >= 4 is 29.1 Å². The number of carbonyl (C=O) groups excluding carboxylic acids is 3. The molecule has 0 bridgehead atoms. The molecule has 0 saturated carbocycles. The lowest BCUT2D eigenvalue weighted by molar-refractivity contribution is -0.131. The number of benzene rings is 3. The summed E-state index contributed by atoms with van der Waals surface area (Å²) in [5.41, 5.74) is 2.86. The van der Waals surface area contributed by atoms with Crippen molar-refractivity contribution in [3.05, 3.63) is 90.0 Å². The highest BCUT2D eigenvalue weighted by molar-refractivity contribution is 6.20. The third-order valence-corrected chi connectivity index (χ3v) is 5.87. The highest BCUT2D eigenvalue weighted by Gasteiger charge is 2.32. The number of hydrogen-bond donors (Lipinski definition) is 2. The first-order valence-corrected chi connectivity index (χ1v) is 11.7. The van der Waals surface area contributed by atoms with Crippen molar-refractivity contribution in [2.24, 2.45) is 4.99 Å². The Balaban J connectivity index is 1.45. The number of benzodiazepines with no additional fused rings is 1. The minimum Gasteiger partial charge on any atom is -0.497 e. The molecule has 190 valence electrons. The fraction of sp³-hybridized carbons (Fsp3) is 0.214. The molecule has 0 aromatic heterocycles. The maximum atomic E-state index is 13.3. The van der Waals surface area contributed by atoms with Gasteiger partial charge in [0.05, 0.1) is 18.5 Å². The second-order valence-corrected chi connectivity index (χ2v) is 8.42. The second-order valence-electron chi connectivity index (χ2n) is 8.42. The lowest BCUT2D eigenvalue weighted by atomic mass is 10.0. The van der Waals surface area contributed by atoms with E-state index >= 15 is 0 Å². The van der Waals surface area contributed by atoms with E-state index in [1.165, 1.54) is 11.8 Å². The Morgan fingerprint density at radius 2 is 1.62 bits per heavy atom. The SMILES string of the molecule is COc1ccc(OCC(=O)N[C@@H](C)C(=O)N[C@H]2N=C(c3ccccc3)c3ccccc3N(C)C2=O)cc1. The molecule has 2 N–H and O–H groups in total. The minimum absolute atomic E-state index is 0.277. The molecule has 3 amide bonds. The van der Waals surface area contributed by atoms with Crippen molar-refractivity contribution in [1.82, 2.24) is 10.6 Å². The van der Waals surface area contributed by atoms with Crippen molar-refractivity contribution in [3.63, 3.8) is 0 Å². The Hall–Kier alpha value is -4.66. The maximum Gasteiger partial charge on any atom is 0.272 e. The predicted molar refractivity (Wildman–Crippen MR) is 140 cm³/mol. The van der Waals surface area contributed by atoms with Gasteiger partial charge >= 0.3 is 0 Å². The molecule has 0 spiro atoms. The minimum atomic E-state index is -1.17. The molecule has 0 unspecified atom stereocenters. The summed E-state index contributed by atoms with van der Waals surface area (Å²) < 4.78 is 10.6. The number of rotatable bonds is 8. The van der Waals surface area contributed by atoms with Crippen LogP contribution in [0.4, 0.5) is 5.69 Å². The number of carbonyl (C=O) groups is 3. The van der Waals surface area contributed by atoms with Crippen LogP contribution in [0.3, 0.4) is 0 Å². The molecule has 0 radical (unpaired) electrons. The van der Waals surface area contributed by atoms with E-state index in [1.807, 2.05) is 54.6 Å². The number of anilines is 1. The Labute approximate surface area is 215 Å². The van der Waals surface area contributed by atoms with Crippen LogP contribution in [0.15, 0.2) is 83.9 Å². The third kappa shape index (κ3) is 5.95. The number of likely N-dealkylation sites (N-methyl/N-ethyl adjacent to an activating group) is 1. The largest absolute Gasteiger partial charge is 0.497 e. The van der Waals surface area contributed by atoms with Crippen molar-refractivity contribution in [2.75, 3.05) is 25.7 Å². The molecule has 2 atom stereocenters. The van der Waals surface area contributed by atoms with E-state index < -0.39 is 29.9 Å². The van der Waals surface area contributed by atoms with Gasteiger partial charge in [0.25, 0.3) is 11.8 Å². The molecule has 3 aromatic carbocycles. The van der Waals surface area contributed by atoms with E-state index in [-0.39, 0.29) is 6.61 Å². The number of ether oxygens (including phenoxy) is 2. The molecule has 0 fully saturated rings. The quantitative estimate of drug-likeness (QED) is 0.494. The van der Waals surface area contributed by atoms with Crippen LogP contribution >= 0.6 is 0 Å². The number of amides is 3. The highest BCUT2D eigenvalue weighted by Crippen LogP contribution is 2.27. The summed E-state index contributed by atoms with van der Waals surface area (Å²) in [6.07, 6.45) is -1.17. The van der Waals surface area contributed by atoms with Crippen LogP contribution in [0.5, 0.6) is 11.5 Å². The first-order valence-electron chi connectivity index (χ1n) is 11.7. The number of nitrogens with zero attached hydrogens (tertiary/aromatic N) is 2. The number of hydrogen-bond acceptors (Lipinski definition) is 6. The smallest absolute Gasteiger partial charge is 0.272 e. The average molecular weight is 501 g/mol. The third-order valence-electron chi connectivity index (χ3n) is 5.87. The van der Waals surface area contributed by atoms with Gasteiger partial charge < -0.3 is 25.0 Å². The van der Waals surface area contributed by atoms with Crippen molar-refractivity contribution in [1.29, 1.82) is 0 Å². The van der Waals surface area contributed by atoms with Gasteiger partial charge in [0.15, 0.2) is 6.61 Å². The van der Waals surface area contributed by atoms with Gasteiger partial charge in [-0.1, -0.05) is 48.5 Å². The van der Waals surface area contributed by atoms with Crippen LogP contribution in [-0.4, -0.2) is 56.4 Å². The van der Waals surface area contributed by atoms with Crippen LogP contribution < -0.4 is 25.0 Å². The number of methoxy groups -OCH3 is 1. The number of para-hydroxylation sites is 1. The fourth-order valence-electron chi connectivity index (χ4n) is 3.87. The number of aliphatic imine (C=N–C) groups is 1. The Bertz CT molecular complexity index is 1310. The topological polar surface area (TPSA) is 109 Å². The van der Waals surface area contributed by atoms with Gasteiger partial charge in [0.2, 0.25) is 12.1 Å². The van der Waals surface area contributed by atoms with E-state index in [0.29, 0.717) is 22.9 Å². The highest BCUT2D eigenvalue weighted by atomic mass is 16.5. The predicted octanol–water partition coefficient (Wildman–Crippen LogP) is 2.54. The van der Waals surface area contributed by atoms with Gasteiger partial charge in [-0.25, -0.2) is 4.99 Å². The maximum absolute atomic E-state index is 13.3. The normalized spacial score (nSPS) is 15.5. The second kappa shape index (κ2) is 11.4. The fourth-order valence-corrected chi connectivity index (χ4v) is 3.87. The molecular formula is C28H28N4O5. The molecule has 0 saturated heterocycles. The summed E-state index contributed by atoms with van der Waals surface area (Å²) in [7, 11) is 3.20. The Morgan fingerprint density at radius 1 is 0.973 bits per heavy atom. The molecule has 1 aliphatic heterocycles. The Morgan fingerprint density at radius 3 is 2.32 bits per heavy atom. The monoisotopic (exact) mass is 500 g/mol.